The second kappa shape index (κ2) is 5.48. The molecule has 0 aromatic carbocycles. The van der Waals surface area contributed by atoms with Crippen molar-refractivity contribution in [2.75, 3.05) is 5.32 Å². The first-order valence-corrected chi connectivity index (χ1v) is 6.02. The number of hydrogen-bond acceptors (Lipinski definition) is 4. The Labute approximate surface area is 111 Å². The summed E-state index contributed by atoms with van der Waals surface area (Å²) in [6.07, 6.45) is 2.37. The number of rotatable bonds is 4. The zero-order valence-corrected chi connectivity index (χ0v) is 10.8. The number of carboxylic acid groups (broad SMARTS) is 1. The van der Waals surface area contributed by atoms with E-state index in [9.17, 15) is 4.79 Å². The molecule has 98 valence electrons. The second-order valence-electron chi connectivity index (χ2n) is 4.20. The topological polar surface area (TPSA) is 75.1 Å². The number of hydrogen-bond donors (Lipinski definition) is 2. The van der Waals surface area contributed by atoms with Crippen molar-refractivity contribution >= 4 is 17.5 Å². The van der Waals surface area contributed by atoms with Crippen molar-refractivity contribution in [2.24, 2.45) is 0 Å². The van der Waals surface area contributed by atoms with E-state index < -0.39 is 5.97 Å². The van der Waals surface area contributed by atoms with Crippen LogP contribution in [0.4, 0.5) is 11.5 Å². The molecule has 0 radical (unpaired) electrons. The average molecular weight is 257 g/mol. The summed E-state index contributed by atoms with van der Waals surface area (Å²) in [4.78, 5) is 19.6. The largest absolute Gasteiger partial charge is 0.478 e. The molecule has 0 bridgehead atoms. The Morgan fingerprint density at radius 3 is 2.74 bits per heavy atom. The molecule has 2 heterocycles. The fourth-order valence-electron chi connectivity index (χ4n) is 1.65. The zero-order valence-electron chi connectivity index (χ0n) is 10.8. The summed E-state index contributed by atoms with van der Waals surface area (Å²) < 4.78 is 0. The van der Waals surface area contributed by atoms with E-state index in [-0.39, 0.29) is 5.56 Å². The van der Waals surface area contributed by atoms with Gasteiger partial charge in [0.25, 0.3) is 0 Å². The summed E-state index contributed by atoms with van der Waals surface area (Å²) in [5.41, 5.74) is 2.67. The van der Waals surface area contributed by atoms with Crippen molar-refractivity contribution < 1.29 is 9.90 Å². The molecular weight excluding hydrogens is 242 g/mol. The maximum absolute atomic E-state index is 11.1. The first-order valence-electron chi connectivity index (χ1n) is 6.02. The summed E-state index contributed by atoms with van der Waals surface area (Å²) in [5, 5.41) is 12.1. The van der Waals surface area contributed by atoms with Gasteiger partial charge in [0, 0.05) is 11.4 Å². The molecule has 0 aliphatic carbocycles. The zero-order chi connectivity index (χ0) is 13.8. The minimum absolute atomic E-state index is 0.231. The highest BCUT2D eigenvalue weighted by Crippen LogP contribution is 2.17. The van der Waals surface area contributed by atoms with E-state index in [4.69, 9.17) is 5.11 Å². The van der Waals surface area contributed by atoms with Crippen LogP contribution in [0.5, 0.6) is 0 Å². The van der Waals surface area contributed by atoms with Crippen LogP contribution in [-0.4, -0.2) is 21.0 Å². The van der Waals surface area contributed by atoms with Crippen molar-refractivity contribution in [3.63, 3.8) is 0 Å². The number of carbonyl (C=O) groups is 1. The number of pyridine rings is 2. The van der Waals surface area contributed by atoms with Crippen molar-refractivity contribution in [2.45, 2.75) is 20.3 Å². The van der Waals surface area contributed by atoms with Gasteiger partial charge in [-0.15, -0.1) is 0 Å². The Bertz CT molecular complexity index is 594. The van der Waals surface area contributed by atoms with Crippen molar-refractivity contribution in [1.29, 1.82) is 0 Å². The molecule has 0 fully saturated rings. The first kappa shape index (κ1) is 13.0. The van der Waals surface area contributed by atoms with Crippen LogP contribution < -0.4 is 5.32 Å². The molecule has 0 amide bonds. The minimum Gasteiger partial charge on any atom is -0.478 e. The fraction of sp³-hybridized carbons (Fsp3) is 0.214. The molecule has 0 atom stereocenters. The van der Waals surface area contributed by atoms with E-state index in [2.05, 4.69) is 15.3 Å². The van der Waals surface area contributed by atoms with Crippen LogP contribution in [-0.2, 0) is 6.42 Å². The van der Waals surface area contributed by atoms with Crippen LogP contribution in [0, 0.1) is 6.92 Å². The Morgan fingerprint density at radius 1 is 1.37 bits per heavy atom. The molecular formula is C14H15N3O2. The lowest BCUT2D eigenvalue weighted by Gasteiger charge is -2.08. The normalized spacial score (nSPS) is 10.2. The van der Waals surface area contributed by atoms with Crippen molar-refractivity contribution in [3.8, 4) is 0 Å². The van der Waals surface area contributed by atoms with Gasteiger partial charge in [0.2, 0.25) is 0 Å². The van der Waals surface area contributed by atoms with Gasteiger partial charge in [-0.2, -0.15) is 0 Å². The second-order valence-corrected chi connectivity index (χ2v) is 4.20. The van der Waals surface area contributed by atoms with Gasteiger partial charge in [0.1, 0.15) is 5.82 Å². The van der Waals surface area contributed by atoms with E-state index >= 15 is 0 Å². The van der Waals surface area contributed by atoms with Crippen LogP contribution in [0.1, 0.15) is 28.7 Å². The number of aryl methyl sites for hydroxylation is 2. The van der Waals surface area contributed by atoms with Crippen molar-refractivity contribution in [1.82, 2.24) is 9.97 Å². The Kier molecular flexibility index (Phi) is 3.75. The smallest absolute Gasteiger partial charge is 0.335 e. The van der Waals surface area contributed by atoms with E-state index in [0.717, 1.165) is 17.1 Å². The molecule has 2 rings (SSSR count). The third-order valence-electron chi connectivity index (χ3n) is 2.67. The van der Waals surface area contributed by atoms with Crippen LogP contribution in [0.25, 0.3) is 0 Å². The number of carboxylic acids is 1. The summed E-state index contributed by atoms with van der Waals surface area (Å²) in [6, 6.07) is 6.86. The predicted molar refractivity (Wildman–Crippen MR) is 72.8 cm³/mol. The third-order valence-corrected chi connectivity index (χ3v) is 2.67. The van der Waals surface area contributed by atoms with Gasteiger partial charge < -0.3 is 10.4 Å². The summed E-state index contributed by atoms with van der Waals surface area (Å²) in [7, 11) is 0. The molecule has 5 heteroatoms. The quantitative estimate of drug-likeness (QED) is 0.880. The molecule has 0 unspecified atom stereocenters. The average Bonchev–Trinajstić information content (AvgIpc) is 2.41. The fourth-order valence-corrected chi connectivity index (χ4v) is 1.65. The monoisotopic (exact) mass is 257 g/mol. The van der Waals surface area contributed by atoms with Gasteiger partial charge in [-0.3, -0.25) is 4.98 Å². The standard InChI is InChI=1S/C14H15N3O2/c1-3-11-6-10(14(18)19)7-13(16-11)17-12-5-4-9(2)15-8-12/h4-8H,3H2,1-2H3,(H,16,17)(H,18,19). The molecule has 0 aliphatic rings. The Morgan fingerprint density at radius 2 is 2.16 bits per heavy atom. The number of anilines is 2. The number of aromatic nitrogens is 2. The van der Waals surface area contributed by atoms with E-state index in [1.807, 2.05) is 26.0 Å². The maximum Gasteiger partial charge on any atom is 0.335 e. The van der Waals surface area contributed by atoms with Crippen LogP contribution in [0.2, 0.25) is 0 Å². The highest BCUT2D eigenvalue weighted by molar-refractivity contribution is 5.88. The molecule has 0 saturated carbocycles. The third kappa shape index (κ3) is 3.28. The van der Waals surface area contributed by atoms with Crippen LogP contribution in [0.15, 0.2) is 30.5 Å². The lowest BCUT2D eigenvalue weighted by molar-refractivity contribution is 0.0696. The van der Waals surface area contributed by atoms with Crippen LogP contribution >= 0.6 is 0 Å². The van der Waals surface area contributed by atoms with E-state index in [0.29, 0.717) is 12.2 Å². The van der Waals surface area contributed by atoms with Gasteiger partial charge in [0.05, 0.1) is 17.4 Å². The molecule has 0 aliphatic heterocycles. The molecule has 2 aromatic heterocycles. The molecule has 5 nitrogen and oxygen atoms in total. The predicted octanol–water partition coefficient (Wildman–Crippen LogP) is 2.79. The molecule has 19 heavy (non-hydrogen) atoms. The molecule has 0 saturated heterocycles. The lowest BCUT2D eigenvalue weighted by Crippen LogP contribution is -2.03. The van der Waals surface area contributed by atoms with Gasteiger partial charge in [0.15, 0.2) is 0 Å². The lowest BCUT2D eigenvalue weighted by atomic mass is 10.2. The summed E-state index contributed by atoms with van der Waals surface area (Å²) >= 11 is 0. The molecule has 2 N–H and O–H groups in total. The number of nitrogens with one attached hydrogen (secondary N) is 1. The van der Waals surface area contributed by atoms with Gasteiger partial charge in [-0.1, -0.05) is 6.92 Å². The van der Waals surface area contributed by atoms with Gasteiger partial charge >= 0.3 is 5.97 Å². The Hall–Kier alpha value is -2.43. The van der Waals surface area contributed by atoms with E-state index in [1.54, 1.807) is 12.3 Å². The SMILES string of the molecule is CCc1cc(C(=O)O)cc(Nc2ccc(C)nc2)n1. The highest BCUT2D eigenvalue weighted by Gasteiger charge is 2.08. The first-order chi connectivity index (χ1) is 9.08. The molecule has 2 aromatic rings. The van der Waals surface area contributed by atoms with Gasteiger partial charge in [-0.05, 0) is 37.6 Å². The van der Waals surface area contributed by atoms with E-state index in [1.165, 1.54) is 6.07 Å². The van der Waals surface area contributed by atoms with Crippen molar-refractivity contribution in [3.05, 3.63) is 47.4 Å². The number of aromatic carboxylic acids is 1. The summed E-state index contributed by atoms with van der Waals surface area (Å²) in [5.74, 6) is -0.440. The summed E-state index contributed by atoms with van der Waals surface area (Å²) in [6.45, 7) is 3.84. The Balaban J connectivity index is 2.31. The van der Waals surface area contributed by atoms with Gasteiger partial charge in [-0.25, -0.2) is 9.78 Å². The number of nitrogens with zero attached hydrogens (tertiary/aromatic N) is 2. The molecule has 0 spiro atoms. The minimum atomic E-state index is -0.956. The highest BCUT2D eigenvalue weighted by atomic mass is 16.4. The van der Waals surface area contributed by atoms with Crippen LogP contribution in [0.3, 0.4) is 0 Å². The maximum atomic E-state index is 11.1.